The normalized spacial score (nSPS) is 26.9. The number of likely N-dealkylation sites (tertiary alicyclic amines) is 1. The van der Waals surface area contributed by atoms with Crippen molar-refractivity contribution in [1.82, 2.24) is 9.21 Å². The lowest BCUT2D eigenvalue weighted by Gasteiger charge is -2.38. The zero-order valence-electron chi connectivity index (χ0n) is 14.1. The maximum atomic E-state index is 12.6. The van der Waals surface area contributed by atoms with Gasteiger partial charge in [0.15, 0.2) is 0 Å². The first-order valence-electron chi connectivity index (χ1n) is 8.35. The van der Waals surface area contributed by atoms with Crippen molar-refractivity contribution in [3.8, 4) is 0 Å². The molecule has 1 aliphatic heterocycles. The van der Waals surface area contributed by atoms with Gasteiger partial charge in [0.1, 0.15) is 0 Å². The molecule has 0 aromatic carbocycles. The van der Waals surface area contributed by atoms with E-state index in [0.717, 1.165) is 38.5 Å². The molecule has 2 atom stereocenters. The van der Waals surface area contributed by atoms with Gasteiger partial charge in [-0.1, -0.05) is 6.42 Å². The zero-order valence-corrected chi connectivity index (χ0v) is 15.7. The van der Waals surface area contributed by atoms with Crippen molar-refractivity contribution in [2.24, 2.45) is 11.7 Å². The van der Waals surface area contributed by atoms with Crippen molar-refractivity contribution >= 4 is 28.3 Å². The van der Waals surface area contributed by atoms with Crippen LogP contribution in [-0.2, 0) is 14.8 Å². The molecule has 0 aromatic rings. The van der Waals surface area contributed by atoms with Gasteiger partial charge in [-0.15, -0.1) is 12.4 Å². The van der Waals surface area contributed by atoms with Crippen molar-refractivity contribution in [3.63, 3.8) is 0 Å². The third kappa shape index (κ3) is 5.05. The molecule has 1 amide bonds. The minimum Gasteiger partial charge on any atom is -0.342 e. The highest BCUT2D eigenvalue weighted by Gasteiger charge is 2.33. The summed E-state index contributed by atoms with van der Waals surface area (Å²) in [5.41, 5.74) is 5.97. The number of piperidine rings is 1. The molecule has 1 saturated heterocycles. The number of hydrogen-bond acceptors (Lipinski definition) is 4. The fourth-order valence-electron chi connectivity index (χ4n) is 3.59. The van der Waals surface area contributed by atoms with Crippen LogP contribution < -0.4 is 5.73 Å². The van der Waals surface area contributed by atoms with E-state index in [1.165, 1.54) is 4.31 Å². The number of nitrogens with zero attached hydrogens (tertiary/aromatic N) is 2. The van der Waals surface area contributed by atoms with Crippen LogP contribution in [0.3, 0.4) is 0 Å². The Labute approximate surface area is 146 Å². The zero-order chi connectivity index (χ0) is 16.3. The molecule has 1 aliphatic carbocycles. The summed E-state index contributed by atoms with van der Waals surface area (Å²) in [6.45, 7) is 2.97. The lowest BCUT2D eigenvalue weighted by Crippen LogP contribution is -2.49. The summed E-state index contributed by atoms with van der Waals surface area (Å²) >= 11 is 0. The van der Waals surface area contributed by atoms with Crippen LogP contribution in [0.5, 0.6) is 0 Å². The Bertz CT molecular complexity index is 492. The van der Waals surface area contributed by atoms with Crippen molar-refractivity contribution in [1.29, 1.82) is 0 Å². The fourth-order valence-corrected chi connectivity index (χ4v) is 4.66. The molecule has 136 valence electrons. The number of sulfonamides is 1. The third-order valence-corrected chi connectivity index (χ3v) is 7.06. The summed E-state index contributed by atoms with van der Waals surface area (Å²) < 4.78 is 25.3. The first-order chi connectivity index (χ1) is 10.3. The monoisotopic (exact) mass is 367 g/mol. The van der Waals surface area contributed by atoms with Crippen molar-refractivity contribution in [2.75, 3.05) is 25.9 Å². The second-order valence-corrected chi connectivity index (χ2v) is 8.91. The quantitative estimate of drug-likeness (QED) is 0.809. The van der Waals surface area contributed by atoms with Gasteiger partial charge in [0.2, 0.25) is 15.9 Å². The van der Waals surface area contributed by atoms with E-state index in [1.807, 2.05) is 4.90 Å². The molecule has 2 fully saturated rings. The summed E-state index contributed by atoms with van der Waals surface area (Å²) in [4.78, 5) is 14.5. The first kappa shape index (κ1) is 20.7. The van der Waals surface area contributed by atoms with Crippen LogP contribution in [0.1, 0.15) is 45.4 Å². The molecule has 2 N–H and O–H groups in total. The molecule has 2 unspecified atom stereocenters. The number of amides is 1. The molecule has 23 heavy (non-hydrogen) atoms. The van der Waals surface area contributed by atoms with Crippen LogP contribution in [0.15, 0.2) is 0 Å². The predicted molar refractivity (Wildman–Crippen MR) is 94.0 cm³/mol. The van der Waals surface area contributed by atoms with Gasteiger partial charge in [-0.3, -0.25) is 4.79 Å². The Morgan fingerprint density at radius 2 is 1.83 bits per heavy atom. The predicted octanol–water partition coefficient (Wildman–Crippen LogP) is 1.20. The minimum absolute atomic E-state index is 0. The summed E-state index contributed by atoms with van der Waals surface area (Å²) in [6.07, 6.45) is 5.23. The van der Waals surface area contributed by atoms with Crippen molar-refractivity contribution in [3.05, 3.63) is 0 Å². The van der Waals surface area contributed by atoms with Crippen LogP contribution in [0.2, 0.25) is 0 Å². The van der Waals surface area contributed by atoms with Crippen LogP contribution >= 0.6 is 12.4 Å². The van der Waals surface area contributed by atoms with Gasteiger partial charge < -0.3 is 10.6 Å². The summed E-state index contributed by atoms with van der Waals surface area (Å²) in [6, 6.07) is 0.170. The van der Waals surface area contributed by atoms with Gasteiger partial charge in [-0.25, -0.2) is 12.7 Å². The second-order valence-electron chi connectivity index (χ2n) is 6.60. The molecule has 0 bridgehead atoms. The average Bonchev–Trinajstić information content (AvgIpc) is 2.53. The fraction of sp³-hybridized carbons (Fsp3) is 0.933. The van der Waals surface area contributed by atoms with E-state index in [1.54, 1.807) is 14.0 Å². The summed E-state index contributed by atoms with van der Waals surface area (Å²) in [7, 11) is -1.50. The van der Waals surface area contributed by atoms with Crippen molar-refractivity contribution < 1.29 is 13.2 Å². The number of hydrogen-bond donors (Lipinski definition) is 1. The molecular formula is C15H30ClN3O3S. The Hall–Kier alpha value is -0.370. The smallest absolute Gasteiger partial charge is 0.225 e. The van der Waals surface area contributed by atoms with E-state index in [0.29, 0.717) is 13.1 Å². The molecular weight excluding hydrogens is 338 g/mol. The molecule has 1 heterocycles. The van der Waals surface area contributed by atoms with Crippen LogP contribution in [-0.4, -0.2) is 61.5 Å². The lowest BCUT2D eigenvalue weighted by atomic mass is 9.85. The van der Waals surface area contributed by atoms with Gasteiger partial charge in [0.25, 0.3) is 0 Å². The number of rotatable bonds is 4. The summed E-state index contributed by atoms with van der Waals surface area (Å²) in [5, 5.41) is 0. The van der Waals surface area contributed by atoms with E-state index < -0.39 is 10.0 Å². The minimum atomic E-state index is -3.15. The highest BCUT2D eigenvalue weighted by molar-refractivity contribution is 7.89. The van der Waals surface area contributed by atoms with Gasteiger partial charge in [0, 0.05) is 38.1 Å². The molecule has 6 nitrogen and oxygen atoms in total. The number of nitrogens with two attached hydrogens (primary N) is 1. The largest absolute Gasteiger partial charge is 0.342 e. The molecule has 1 saturated carbocycles. The average molecular weight is 368 g/mol. The Morgan fingerprint density at radius 3 is 2.35 bits per heavy atom. The van der Waals surface area contributed by atoms with Gasteiger partial charge in [-0.2, -0.15) is 0 Å². The maximum Gasteiger partial charge on any atom is 0.225 e. The van der Waals surface area contributed by atoms with E-state index >= 15 is 0 Å². The van der Waals surface area contributed by atoms with E-state index in [2.05, 4.69) is 0 Å². The first-order valence-corrected chi connectivity index (χ1v) is 9.96. The Balaban J connectivity index is 0.00000264. The lowest BCUT2D eigenvalue weighted by molar-refractivity contribution is -0.138. The second kappa shape index (κ2) is 8.65. The van der Waals surface area contributed by atoms with Gasteiger partial charge in [-0.05, 0) is 39.0 Å². The van der Waals surface area contributed by atoms with Crippen molar-refractivity contribution in [2.45, 2.75) is 57.5 Å². The molecule has 0 radical (unpaired) electrons. The molecule has 0 aromatic heterocycles. The third-order valence-electron chi connectivity index (χ3n) is 5.16. The Morgan fingerprint density at radius 1 is 1.22 bits per heavy atom. The van der Waals surface area contributed by atoms with Crippen LogP contribution in [0.4, 0.5) is 0 Å². The molecule has 0 spiro atoms. The maximum absolute atomic E-state index is 12.6. The topological polar surface area (TPSA) is 83.7 Å². The Kier molecular flexibility index (Phi) is 7.77. The number of carbonyl (C=O) groups is 1. The molecule has 8 heteroatoms. The number of halogens is 1. The van der Waals surface area contributed by atoms with Crippen LogP contribution in [0.25, 0.3) is 0 Å². The van der Waals surface area contributed by atoms with E-state index in [9.17, 15) is 13.2 Å². The molecule has 2 rings (SSSR count). The standard InChI is InChI=1S/C15H29N3O3S.ClH/c1-3-22(20,21)17(2)14-7-9-18(10-8-14)15(19)12-5-4-6-13(16)11-12;/h12-14H,3-11,16H2,1-2H3;1H. The van der Waals surface area contributed by atoms with Crippen LogP contribution in [0, 0.1) is 5.92 Å². The van der Waals surface area contributed by atoms with Gasteiger partial charge >= 0.3 is 0 Å². The summed E-state index contributed by atoms with van der Waals surface area (Å²) in [5.74, 6) is 0.412. The van der Waals surface area contributed by atoms with E-state index in [4.69, 9.17) is 5.73 Å². The SMILES string of the molecule is CCS(=O)(=O)N(C)C1CCN(C(=O)C2CCCC(N)C2)CC1.Cl. The highest BCUT2D eigenvalue weighted by Crippen LogP contribution is 2.27. The number of carbonyl (C=O) groups excluding carboxylic acids is 1. The van der Waals surface area contributed by atoms with E-state index in [-0.39, 0.29) is 42.1 Å². The van der Waals surface area contributed by atoms with Gasteiger partial charge in [0.05, 0.1) is 5.75 Å². The highest BCUT2D eigenvalue weighted by atomic mass is 35.5. The molecule has 2 aliphatic rings.